The standard InChI is InChI=1S/C19H24O2/c1-12(2)16-11-15(7-9-18(16)21)19(4,5)14-6-8-17(20)13(3)10-14/h6-12,20-21H,1-5H3. The molecule has 2 heteroatoms. The maximum Gasteiger partial charge on any atom is 0.119 e. The normalized spacial score (nSPS) is 11.9. The van der Waals surface area contributed by atoms with Gasteiger partial charge in [0.2, 0.25) is 0 Å². The molecule has 0 spiro atoms. The number of hydrogen-bond acceptors (Lipinski definition) is 2. The van der Waals surface area contributed by atoms with Gasteiger partial charge in [-0.1, -0.05) is 52.0 Å². The third-order valence-electron chi connectivity index (χ3n) is 4.29. The van der Waals surface area contributed by atoms with E-state index in [2.05, 4.69) is 33.8 Å². The lowest BCUT2D eigenvalue weighted by Gasteiger charge is -2.28. The quantitative estimate of drug-likeness (QED) is 0.845. The van der Waals surface area contributed by atoms with Gasteiger partial charge in [0.1, 0.15) is 11.5 Å². The number of phenolic OH excluding ortho intramolecular Hbond substituents is 2. The second-order valence-electron chi connectivity index (χ2n) is 6.55. The molecule has 0 saturated heterocycles. The van der Waals surface area contributed by atoms with E-state index in [0.29, 0.717) is 11.5 Å². The molecule has 0 bridgehead atoms. The Morgan fingerprint density at radius 1 is 0.857 bits per heavy atom. The molecule has 0 unspecified atom stereocenters. The van der Waals surface area contributed by atoms with Crippen LogP contribution < -0.4 is 0 Å². The van der Waals surface area contributed by atoms with E-state index >= 15 is 0 Å². The average Bonchev–Trinajstić information content (AvgIpc) is 2.41. The molecule has 0 saturated carbocycles. The van der Waals surface area contributed by atoms with E-state index in [0.717, 1.165) is 22.3 Å². The van der Waals surface area contributed by atoms with Crippen molar-refractivity contribution in [2.24, 2.45) is 0 Å². The molecule has 112 valence electrons. The van der Waals surface area contributed by atoms with E-state index < -0.39 is 0 Å². The monoisotopic (exact) mass is 284 g/mol. The molecule has 0 radical (unpaired) electrons. The number of aryl methyl sites for hydroxylation is 1. The summed E-state index contributed by atoms with van der Waals surface area (Å²) in [5, 5.41) is 19.7. The Hall–Kier alpha value is -1.96. The van der Waals surface area contributed by atoms with E-state index in [4.69, 9.17) is 0 Å². The maximum atomic E-state index is 9.99. The van der Waals surface area contributed by atoms with E-state index in [9.17, 15) is 10.2 Å². The van der Waals surface area contributed by atoms with Crippen LogP contribution in [0.15, 0.2) is 36.4 Å². The van der Waals surface area contributed by atoms with Crippen LogP contribution in [0.1, 0.15) is 55.9 Å². The Morgan fingerprint density at radius 3 is 1.90 bits per heavy atom. The number of aromatic hydroxyl groups is 2. The van der Waals surface area contributed by atoms with Crippen LogP contribution in [0.2, 0.25) is 0 Å². The zero-order valence-electron chi connectivity index (χ0n) is 13.4. The Labute approximate surface area is 127 Å². The van der Waals surface area contributed by atoms with Crippen LogP contribution in [0.25, 0.3) is 0 Å². The summed E-state index contributed by atoms with van der Waals surface area (Å²) in [6.45, 7) is 10.4. The number of phenols is 2. The molecular formula is C19H24O2. The van der Waals surface area contributed by atoms with E-state index in [-0.39, 0.29) is 11.3 Å². The van der Waals surface area contributed by atoms with Gasteiger partial charge >= 0.3 is 0 Å². The van der Waals surface area contributed by atoms with Crippen LogP contribution in [0.5, 0.6) is 11.5 Å². The van der Waals surface area contributed by atoms with Gasteiger partial charge in [0.25, 0.3) is 0 Å². The van der Waals surface area contributed by atoms with Crippen molar-refractivity contribution in [3.05, 3.63) is 58.7 Å². The van der Waals surface area contributed by atoms with Crippen LogP contribution in [0.4, 0.5) is 0 Å². The van der Waals surface area contributed by atoms with Gasteiger partial charge < -0.3 is 10.2 Å². The van der Waals surface area contributed by atoms with E-state index in [1.807, 2.05) is 25.1 Å². The van der Waals surface area contributed by atoms with Gasteiger partial charge in [-0.2, -0.15) is 0 Å². The number of hydrogen-bond donors (Lipinski definition) is 2. The molecule has 0 atom stereocenters. The lowest BCUT2D eigenvalue weighted by Crippen LogP contribution is -2.19. The minimum atomic E-state index is -0.185. The summed E-state index contributed by atoms with van der Waals surface area (Å²) >= 11 is 0. The first-order valence-corrected chi connectivity index (χ1v) is 7.37. The Morgan fingerprint density at radius 2 is 1.38 bits per heavy atom. The fourth-order valence-electron chi connectivity index (χ4n) is 2.62. The number of benzene rings is 2. The number of rotatable bonds is 3. The average molecular weight is 284 g/mol. The molecule has 0 aliphatic carbocycles. The zero-order chi connectivity index (χ0) is 15.8. The van der Waals surface area contributed by atoms with Gasteiger partial charge in [-0.15, -0.1) is 0 Å². The molecule has 0 heterocycles. The van der Waals surface area contributed by atoms with E-state index in [1.165, 1.54) is 0 Å². The largest absolute Gasteiger partial charge is 0.508 e. The molecule has 2 nitrogen and oxygen atoms in total. The predicted octanol–water partition coefficient (Wildman–Crippen LogP) is 4.86. The fourth-order valence-corrected chi connectivity index (χ4v) is 2.62. The van der Waals surface area contributed by atoms with Crippen LogP contribution in [0.3, 0.4) is 0 Å². The molecule has 2 rings (SSSR count). The first-order valence-electron chi connectivity index (χ1n) is 7.37. The molecular weight excluding hydrogens is 260 g/mol. The molecule has 0 aliphatic rings. The molecule has 2 N–H and O–H groups in total. The highest BCUT2D eigenvalue weighted by molar-refractivity contribution is 5.47. The third-order valence-corrected chi connectivity index (χ3v) is 4.29. The van der Waals surface area contributed by atoms with Crippen molar-refractivity contribution in [3.63, 3.8) is 0 Å². The van der Waals surface area contributed by atoms with Crippen LogP contribution in [-0.4, -0.2) is 10.2 Å². The summed E-state index contributed by atoms with van der Waals surface area (Å²) in [5.74, 6) is 0.955. The van der Waals surface area contributed by atoms with Crippen molar-refractivity contribution in [2.45, 2.75) is 46.0 Å². The van der Waals surface area contributed by atoms with Gasteiger partial charge in [0.15, 0.2) is 0 Å². The van der Waals surface area contributed by atoms with Gasteiger partial charge in [0, 0.05) is 5.41 Å². The van der Waals surface area contributed by atoms with Crippen LogP contribution in [0, 0.1) is 6.92 Å². The molecule has 21 heavy (non-hydrogen) atoms. The van der Waals surface area contributed by atoms with Crippen LogP contribution >= 0.6 is 0 Å². The van der Waals surface area contributed by atoms with Crippen molar-refractivity contribution >= 4 is 0 Å². The lowest BCUT2D eigenvalue weighted by atomic mass is 9.76. The highest BCUT2D eigenvalue weighted by Gasteiger charge is 2.25. The van der Waals surface area contributed by atoms with Gasteiger partial charge in [0.05, 0.1) is 0 Å². The lowest BCUT2D eigenvalue weighted by molar-refractivity contribution is 0.463. The minimum absolute atomic E-state index is 0.185. The van der Waals surface area contributed by atoms with Gasteiger partial charge in [-0.3, -0.25) is 0 Å². The maximum absolute atomic E-state index is 9.99. The fraction of sp³-hybridized carbons (Fsp3) is 0.368. The van der Waals surface area contributed by atoms with Crippen molar-refractivity contribution in [1.29, 1.82) is 0 Å². The molecule has 2 aromatic carbocycles. The summed E-state index contributed by atoms with van der Waals surface area (Å²) in [7, 11) is 0. The van der Waals surface area contributed by atoms with Crippen molar-refractivity contribution in [3.8, 4) is 11.5 Å². The first kappa shape index (κ1) is 15.4. The SMILES string of the molecule is Cc1cc(C(C)(C)c2ccc(O)c(C(C)C)c2)ccc1O. The summed E-state index contributed by atoms with van der Waals surface area (Å²) in [5.41, 5.74) is 3.97. The topological polar surface area (TPSA) is 40.5 Å². The second-order valence-corrected chi connectivity index (χ2v) is 6.55. The summed E-state index contributed by atoms with van der Waals surface area (Å²) in [4.78, 5) is 0. The van der Waals surface area contributed by atoms with Crippen molar-refractivity contribution in [1.82, 2.24) is 0 Å². The second kappa shape index (κ2) is 5.44. The summed E-state index contributed by atoms with van der Waals surface area (Å²) in [6, 6.07) is 11.6. The highest BCUT2D eigenvalue weighted by atomic mass is 16.3. The smallest absolute Gasteiger partial charge is 0.119 e. The van der Waals surface area contributed by atoms with Crippen molar-refractivity contribution < 1.29 is 10.2 Å². The molecule has 0 aliphatic heterocycles. The first-order chi connectivity index (χ1) is 9.73. The highest BCUT2D eigenvalue weighted by Crippen LogP contribution is 2.37. The molecule has 0 fully saturated rings. The summed E-state index contributed by atoms with van der Waals surface area (Å²) < 4.78 is 0. The van der Waals surface area contributed by atoms with Gasteiger partial charge in [-0.05, 0) is 47.2 Å². The van der Waals surface area contributed by atoms with Crippen molar-refractivity contribution in [2.75, 3.05) is 0 Å². The molecule has 2 aromatic rings. The minimum Gasteiger partial charge on any atom is -0.508 e. The van der Waals surface area contributed by atoms with E-state index in [1.54, 1.807) is 12.1 Å². The molecule has 0 aromatic heterocycles. The Bertz CT molecular complexity index is 655. The Kier molecular flexibility index (Phi) is 3.99. The summed E-state index contributed by atoms with van der Waals surface area (Å²) in [6.07, 6.45) is 0. The van der Waals surface area contributed by atoms with Gasteiger partial charge in [-0.25, -0.2) is 0 Å². The molecule has 0 amide bonds. The predicted molar refractivity (Wildman–Crippen MR) is 87.2 cm³/mol. The Balaban J connectivity index is 2.52. The third kappa shape index (κ3) is 2.90. The van der Waals surface area contributed by atoms with Crippen LogP contribution in [-0.2, 0) is 5.41 Å². The zero-order valence-corrected chi connectivity index (χ0v) is 13.4.